The SMILES string of the molecule is Cc1cc(F)cc(NS(=O)(=O)N(C)CCCN)c1. The van der Waals surface area contributed by atoms with Gasteiger partial charge in [0.25, 0.3) is 0 Å². The topological polar surface area (TPSA) is 75.4 Å². The van der Waals surface area contributed by atoms with Gasteiger partial charge < -0.3 is 5.73 Å². The standard InChI is InChI=1S/C11H18FN3O2S/c1-9-6-10(12)8-11(7-9)14-18(16,17)15(2)5-3-4-13/h6-8,14H,3-5,13H2,1-2H3. The second-order valence-electron chi connectivity index (χ2n) is 4.09. The summed E-state index contributed by atoms with van der Waals surface area (Å²) in [5.41, 5.74) is 6.19. The van der Waals surface area contributed by atoms with Crippen LogP contribution in [0.2, 0.25) is 0 Å². The Morgan fingerprint density at radius 3 is 2.61 bits per heavy atom. The van der Waals surface area contributed by atoms with Crippen LogP contribution in [0.3, 0.4) is 0 Å². The number of rotatable bonds is 6. The highest BCUT2D eigenvalue weighted by Crippen LogP contribution is 2.15. The average molecular weight is 275 g/mol. The van der Waals surface area contributed by atoms with E-state index in [1.807, 2.05) is 0 Å². The lowest BCUT2D eigenvalue weighted by atomic mass is 10.2. The van der Waals surface area contributed by atoms with Gasteiger partial charge in [-0.3, -0.25) is 4.72 Å². The average Bonchev–Trinajstić information content (AvgIpc) is 2.23. The number of nitrogens with zero attached hydrogens (tertiary/aromatic N) is 1. The molecule has 102 valence electrons. The van der Waals surface area contributed by atoms with E-state index < -0.39 is 16.0 Å². The van der Waals surface area contributed by atoms with Crippen LogP contribution in [0, 0.1) is 12.7 Å². The Balaban J connectivity index is 2.81. The van der Waals surface area contributed by atoms with Crippen LogP contribution in [0.5, 0.6) is 0 Å². The molecule has 0 fully saturated rings. The molecular formula is C11H18FN3O2S. The van der Waals surface area contributed by atoms with Gasteiger partial charge in [-0.25, -0.2) is 4.39 Å². The van der Waals surface area contributed by atoms with Gasteiger partial charge in [0.05, 0.1) is 5.69 Å². The molecule has 1 aromatic rings. The summed E-state index contributed by atoms with van der Waals surface area (Å²) in [5.74, 6) is -0.475. The molecule has 0 bridgehead atoms. The fraction of sp³-hybridized carbons (Fsp3) is 0.455. The van der Waals surface area contributed by atoms with Crippen LogP contribution in [0.25, 0.3) is 0 Å². The molecule has 5 nitrogen and oxygen atoms in total. The van der Waals surface area contributed by atoms with E-state index in [-0.39, 0.29) is 5.69 Å². The maximum Gasteiger partial charge on any atom is 0.301 e. The number of aryl methyl sites for hydroxylation is 1. The molecule has 18 heavy (non-hydrogen) atoms. The van der Waals surface area contributed by atoms with Crippen molar-refractivity contribution in [1.29, 1.82) is 0 Å². The molecule has 0 aromatic heterocycles. The summed E-state index contributed by atoms with van der Waals surface area (Å²) >= 11 is 0. The first kappa shape index (κ1) is 14.9. The van der Waals surface area contributed by atoms with Crippen LogP contribution in [-0.4, -0.2) is 32.9 Å². The number of hydrogen-bond acceptors (Lipinski definition) is 3. The third-order valence-corrected chi connectivity index (χ3v) is 3.87. The van der Waals surface area contributed by atoms with E-state index in [1.165, 1.54) is 13.1 Å². The zero-order valence-corrected chi connectivity index (χ0v) is 11.3. The summed E-state index contributed by atoms with van der Waals surface area (Å²) in [6.07, 6.45) is 0.569. The fourth-order valence-corrected chi connectivity index (χ4v) is 2.40. The Bertz CT molecular complexity index is 485. The normalized spacial score (nSPS) is 11.8. The van der Waals surface area contributed by atoms with E-state index in [0.29, 0.717) is 25.1 Å². The van der Waals surface area contributed by atoms with Crippen molar-refractivity contribution in [3.63, 3.8) is 0 Å². The smallest absolute Gasteiger partial charge is 0.301 e. The molecule has 0 unspecified atom stereocenters. The Hall–Kier alpha value is -1.18. The van der Waals surface area contributed by atoms with E-state index >= 15 is 0 Å². The van der Waals surface area contributed by atoms with Crippen molar-refractivity contribution in [2.45, 2.75) is 13.3 Å². The zero-order valence-electron chi connectivity index (χ0n) is 10.5. The molecule has 0 spiro atoms. The summed E-state index contributed by atoms with van der Waals surface area (Å²) in [7, 11) is -2.21. The number of hydrogen-bond donors (Lipinski definition) is 2. The van der Waals surface area contributed by atoms with Crippen molar-refractivity contribution in [3.8, 4) is 0 Å². The molecule has 0 radical (unpaired) electrons. The van der Waals surface area contributed by atoms with Gasteiger partial charge in [-0.15, -0.1) is 0 Å². The van der Waals surface area contributed by atoms with Gasteiger partial charge in [0.2, 0.25) is 0 Å². The quantitative estimate of drug-likeness (QED) is 0.815. The Morgan fingerprint density at radius 2 is 2.06 bits per heavy atom. The lowest BCUT2D eigenvalue weighted by molar-refractivity contribution is 0.468. The van der Waals surface area contributed by atoms with Crippen molar-refractivity contribution in [2.75, 3.05) is 24.9 Å². The lowest BCUT2D eigenvalue weighted by Crippen LogP contribution is -2.34. The minimum atomic E-state index is -3.66. The number of halogens is 1. The van der Waals surface area contributed by atoms with Gasteiger partial charge in [0.15, 0.2) is 0 Å². The van der Waals surface area contributed by atoms with E-state index in [4.69, 9.17) is 5.73 Å². The van der Waals surface area contributed by atoms with Gasteiger partial charge in [-0.05, 0) is 43.7 Å². The van der Waals surface area contributed by atoms with Gasteiger partial charge in [-0.1, -0.05) is 0 Å². The second-order valence-corrected chi connectivity index (χ2v) is 5.87. The monoisotopic (exact) mass is 275 g/mol. The van der Waals surface area contributed by atoms with Crippen molar-refractivity contribution in [3.05, 3.63) is 29.6 Å². The first-order valence-corrected chi connectivity index (χ1v) is 7.00. The Morgan fingerprint density at radius 1 is 1.39 bits per heavy atom. The van der Waals surface area contributed by atoms with Crippen LogP contribution in [-0.2, 0) is 10.2 Å². The number of nitrogens with two attached hydrogens (primary N) is 1. The van der Waals surface area contributed by atoms with E-state index in [0.717, 1.165) is 10.4 Å². The molecule has 0 aliphatic carbocycles. The third kappa shape index (κ3) is 4.25. The van der Waals surface area contributed by atoms with Crippen molar-refractivity contribution in [1.82, 2.24) is 4.31 Å². The molecule has 0 aliphatic heterocycles. The summed E-state index contributed by atoms with van der Waals surface area (Å²) < 4.78 is 40.4. The Kier molecular flexibility index (Phi) is 5.06. The molecule has 0 saturated carbocycles. The van der Waals surface area contributed by atoms with Crippen LogP contribution in [0.15, 0.2) is 18.2 Å². The van der Waals surface area contributed by atoms with Crippen molar-refractivity contribution in [2.24, 2.45) is 5.73 Å². The molecule has 0 atom stereocenters. The van der Waals surface area contributed by atoms with Gasteiger partial charge in [0, 0.05) is 13.6 Å². The molecule has 0 saturated heterocycles. The maximum atomic E-state index is 13.1. The van der Waals surface area contributed by atoms with Crippen LogP contribution in [0.4, 0.5) is 10.1 Å². The molecule has 7 heteroatoms. The highest BCUT2D eigenvalue weighted by atomic mass is 32.2. The first-order chi connectivity index (χ1) is 8.35. The maximum absolute atomic E-state index is 13.1. The van der Waals surface area contributed by atoms with Gasteiger partial charge in [0.1, 0.15) is 5.82 Å². The number of anilines is 1. The van der Waals surface area contributed by atoms with Crippen LogP contribution >= 0.6 is 0 Å². The molecule has 3 N–H and O–H groups in total. The molecule has 1 rings (SSSR count). The van der Waals surface area contributed by atoms with Gasteiger partial charge >= 0.3 is 10.2 Å². The minimum Gasteiger partial charge on any atom is -0.330 e. The Labute approximate surface area is 107 Å². The predicted octanol–water partition coefficient (Wildman–Crippen LogP) is 1.07. The molecule has 0 heterocycles. The second kappa shape index (κ2) is 6.12. The minimum absolute atomic E-state index is 0.215. The number of nitrogens with one attached hydrogen (secondary N) is 1. The zero-order chi connectivity index (χ0) is 13.8. The fourth-order valence-electron chi connectivity index (χ4n) is 1.46. The first-order valence-electron chi connectivity index (χ1n) is 5.56. The van der Waals surface area contributed by atoms with Gasteiger partial charge in [-0.2, -0.15) is 12.7 Å². The third-order valence-electron chi connectivity index (χ3n) is 2.38. The van der Waals surface area contributed by atoms with Crippen LogP contribution in [0.1, 0.15) is 12.0 Å². The molecule has 0 amide bonds. The van der Waals surface area contributed by atoms with E-state index in [1.54, 1.807) is 13.0 Å². The molecule has 1 aromatic carbocycles. The summed E-state index contributed by atoms with van der Waals surface area (Å²) in [4.78, 5) is 0. The largest absolute Gasteiger partial charge is 0.330 e. The highest BCUT2D eigenvalue weighted by molar-refractivity contribution is 7.90. The summed E-state index contributed by atoms with van der Waals surface area (Å²) in [6.45, 7) is 2.43. The number of benzene rings is 1. The summed E-state index contributed by atoms with van der Waals surface area (Å²) in [5, 5.41) is 0. The predicted molar refractivity (Wildman–Crippen MR) is 70.0 cm³/mol. The molecule has 0 aliphatic rings. The van der Waals surface area contributed by atoms with Crippen LogP contribution < -0.4 is 10.5 Å². The lowest BCUT2D eigenvalue weighted by Gasteiger charge is -2.18. The van der Waals surface area contributed by atoms with Crippen molar-refractivity contribution < 1.29 is 12.8 Å². The van der Waals surface area contributed by atoms with E-state index in [2.05, 4.69) is 4.72 Å². The highest BCUT2D eigenvalue weighted by Gasteiger charge is 2.17. The summed E-state index contributed by atoms with van der Waals surface area (Å²) in [6, 6.07) is 4.04. The van der Waals surface area contributed by atoms with E-state index in [9.17, 15) is 12.8 Å². The van der Waals surface area contributed by atoms with Crippen molar-refractivity contribution >= 4 is 15.9 Å². The molecular weight excluding hydrogens is 257 g/mol.